The second-order valence-electron chi connectivity index (χ2n) is 10.0. The number of anilines is 1. The number of aliphatic imine (C=N–C) groups is 1. The number of rotatable bonds is 8. The summed E-state index contributed by atoms with van der Waals surface area (Å²) in [6, 6.07) is 8.52. The van der Waals surface area contributed by atoms with Crippen LogP contribution in [0.3, 0.4) is 0 Å². The summed E-state index contributed by atoms with van der Waals surface area (Å²) in [5.41, 5.74) is 4.11. The summed E-state index contributed by atoms with van der Waals surface area (Å²) in [5.74, 6) is -3.41. The van der Waals surface area contributed by atoms with Crippen LogP contribution in [-0.4, -0.2) is 42.9 Å². The van der Waals surface area contributed by atoms with Gasteiger partial charge in [-0.05, 0) is 30.5 Å². The van der Waals surface area contributed by atoms with Crippen LogP contribution in [0.15, 0.2) is 47.5 Å². The summed E-state index contributed by atoms with van der Waals surface area (Å²) in [6.07, 6.45) is -11.0. The van der Waals surface area contributed by atoms with E-state index in [1.54, 1.807) is 0 Å². The molecule has 1 aliphatic carbocycles. The number of amides is 3. The Kier molecular flexibility index (Phi) is 10.2. The summed E-state index contributed by atoms with van der Waals surface area (Å²) >= 11 is 0. The first-order chi connectivity index (χ1) is 19.6. The van der Waals surface area contributed by atoms with Crippen molar-refractivity contribution in [2.75, 3.05) is 12.4 Å². The van der Waals surface area contributed by atoms with E-state index < -0.39 is 67.0 Å². The summed E-state index contributed by atoms with van der Waals surface area (Å²) in [6.45, 7) is 2.28. The van der Waals surface area contributed by atoms with Crippen molar-refractivity contribution in [3.63, 3.8) is 0 Å². The molecule has 2 aromatic rings. The Bertz CT molecular complexity index is 1340. The largest absolute Gasteiger partial charge is 0.495 e. The third-order valence-corrected chi connectivity index (χ3v) is 6.46. The van der Waals surface area contributed by atoms with Crippen LogP contribution in [0.5, 0.6) is 5.75 Å². The van der Waals surface area contributed by atoms with Crippen molar-refractivity contribution >= 4 is 29.1 Å². The third kappa shape index (κ3) is 9.21. The molecule has 0 saturated heterocycles. The molecule has 228 valence electrons. The SMILES string of the molecule is CC1CC1.COc1cccc2c1NC(=O)C(NC(=O)C(CCC(F)(F)F)CC(N)=O)N=C2c1cccc(C(F)(F)F)c1. The van der Waals surface area contributed by atoms with Crippen molar-refractivity contribution in [1.29, 1.82) is 0 Å². The fourth-order valence-electron chi connectivity index (χ4n) is 3.97. The molecule has 8 nitrogen and oxygen atoms in total. The number of methoxy groups -OCH3 is 1. The average molecular weight is 601 g/mol. The number of ether oxygens (including phenoxy) is 1. The van der Waals surface area contributed by atoms with Gasteiger partial charge >= 0.3 is 12.4 Å². The van der Waals surface area contributed by atoms with Gasteiger partial charge in [-0.2, -0.15) is 26.3 Å². The lowest BCUT2D eigenvalue weighted by Crippen LogP contribution is -2.45. The molecule has 1 saturated carbocycles. The number of nitrogens with one attached hydrogen (secondary N) is 2. The highest BCUT2D eigenvalue weighted by molar-refractivity contribution is 6.20. The number of fused-ring (bicyclic) bond motifs is 1. The minimum absolute atomic E-state index is 0.0543. The molecule has 0 aromatic heterocycles. The summed E-state index contributed by atoms with van der Waals surface area (Å²) in [7, 11) is 1.29. The highest BCUT2D eigenvalue weighted by Gasteiger charge is 2.35. The van der Waals surface area contributed by atoms with E-state index in [0.717, 1.165) is 24.1 Å². The molecule has 1 aliphatic heterocycles. The minimum atomic E-state index is -4.69. The van der Waals surface area contributed by atoms with Crippen LogP contribution in [0.1, 0.15) is 55.7 Å². The maximum Gasteiger partial charge on any atom is 0.416 e. The maximum absolute atomic E-state index is 13.4. The molecule has 3 amide bonds. The maximum atomic E-state index is 13.4. The molecule has 14 heteroatoms. The molecule has 0 bridgehead atoms. The quantitative estimate of drug-likeness (QED) is 0.361. The summed E-state index contributed by atoms with van der Waals surface area (Å²) in [4.78, 5) is 41.4. The standard InChI is InChI=1S/C24H22F6N4O4.C4H8/c1-38-16-7-3-6-15-18(12-4-2-5-14(10-12)24(28,29)30)32-20(22(37)33-19(15)16)34-21(36)13(11-17(31)35)8-9-23(25,26)27;1-4-2-3-4/h2-7,10,13,20H,8-9,11H2,1H3,(H2,31,35)(H,33,37)(H,34,36);4H,2-3H2,1H3. The van der Waals surface area contributed by atoms with Gasteiger partial charge in [0.05, 0.1) is 24.1 Å². The van der Waals surface area contributed by atoms with E-state index in [1.807, 2.05) is 0 Å². The van der Waals surface area contributed by atoms with Crippen molar-refractivity contribution in [2.24, 2.45) is 22.6 Å². The van der Waals surface area contributed by atoms with E-state index in [9.17, 15) is 40.7 Å². The lowest BCUT2D eigenvalue weighted by Gasteiger charge is -2.19. The predicted molar refractivity (Wildman–Crippen MR) is 142 cm³/mol. The number of hydrogen-bond acceptors (Lipinski definition) is 5. The van der Waals surface area contributed by atoms with Gasteiger partial charge in [-0.25, -0.2) is 4.99 Å². The number of halogens is 6. The highest BCUT2D eigenvalue weighted by Crippen LogP contribution is 2.35. The molecular weight excluding hydrogens is 570 g/mol. The van der Waals surface area contributed by atoms with Crippen LogP contribution in [-0.2, 0) is 20.6 Å². The Morgan fingerprint density at radius 2 is 1.76 bits per heavy atom. The smallest absolute Gasteiger partial charge is 0.416 e. The molecule has 4 rings (SSSR count). The summed E-state index contributed by atoms with van der Waals surface area (Å²) in [5, 5.41) is 4.68. The number of alkyl halides is 6. The molecular formula is C28H30F6N4O4. The second kappa shape index (κ2) is 13.3. The Labute approximate surface area is 237 Å². The van der Waals surface area contributed by atoms with Gasteiger partial charge in [0, 0.05) is 29.9 Å². The van der Waals surface area contributed by atoms with E-state index in [1.165, 1.54) is 44.2 Å². The molecule has 4 N–H and O–H groups in total. The van der Waals surface area contributed by atoms with Crippen LogP contribution < -0.4 is 21.1 Å². The van der Waals surface area contributed by atoms with Gasteiger partial charge in [0.2, 0.25) is 18.0 Å². The zero-order valence-electron chi connectivity index (χ0n) is 22.7. The zero-order valence-corrected chi connectivity index (χ0v) is 22.7. The van der Waals surface area contributed by atoms with Crippen molar-refractivity contribution in [3.05, 3.63) is 59.2 Å². The molecule has 1 heterocycles. The fourth-order valence-corrected chi connectivity index (χ4v) is 3.97. The lowest BCUT2D eigenvalue weighted by molar-refractivity contribution is -0.143. The topological polar surface area (TPSA) is 123 Å². The van der Waals surface area contributed by atoms with Gasteiger partial charge in [0.25, 0.3) is 5.91 Å². The molecule has 2 atom stereocenters. The number of carbonyl (C=O) groups is 3. The van der Waals surface area contributed by atoms with E-state index in [4.69, 9.17) is 10.5 Å². The predicted octanol–water partition coefficient (Wildman–Crippen LogP) is 5.20. The first-order valence-electron chi connectivity index (χ1n) is 13.0. The Balaban J connectivity index is 0.00000111. The molecule has 2 aromatic carbocycles. The van der Waals surface area contributed by atoms with Crippen LogP contribution in [0.2, 0.25) is 0 Å². The van der Waals surface area contributed by atoms with Crippen LogP contribution in [0, 0.1) is 11.8 Å². The number of carbonyl (C=O) groups excluding carboxylic acids is 3. The number of benzodiazepines with no additional fused rings is 1. The van der Waals surface area contributed by atoms with Gasteiger partial charge in [-0.3, -0.25) is 14.4 Å². The number of primary amides is 1. The monoisotopic (exact) mass is 600 g/mol. The number of para-hydroxylation sites is 1. The normalized spacial score (nSPS) is 17.4. The Hall–Kier alpha value is -4.10. The molecule has 2 aliphatic rings. The van der Waals surface area contributed by atoms with Gasteiger partial charge in [0.1, 0.15) is 5.75 Å². The number of hydrogen-bond donors (Lipinski definition) is 3. The summed E-state index contributed by atoms with van der Waals surface area (Å²) < 4.78 is 83.6. The third-order valence-electron chi connectivity index (χ3n) is 6.46. The van der Waals surface area contributed by atoms with Crippen LogP contribution >= 0.6 is 0 Å². The first kappa shape index (κ1) is 32.4. The second-order valence-corrected chi connectivity index (χ2v) is 10.0. The zero-order chi connectivity index (χ0) is 31.2. The molecule has 1 fully saturated rings. The van der Waals surface area contributed by atoms with Crippen molar-refractivity contribution in [3.8, 4) is 5.75 Å². The number of nitrogens with zero attached hydrogens (tertiary/aromatic N) is 1. The van der Waals surface area contributed by atoms with Crippen molar-refractivity contribution in [2.45, 2.75) is 57.5 Å². The fraction of sp³-hybridized carbons (Fsp3) is 0.429. The van der Waals surface area contributed by atoms with Gasteiger partial charge in [0.15, 0.2) is 0 Å². The number of benzene rings is 2. The van der Waals surface area contributed by atoms with E-state index in [0.29, 0.717) is 0 Å². The van der Waals surface area contributed by atoms with Crippen LogP contribution in [0.4, 0.5) is 32.0 Å². The Morgan fingerprint density at radius 3 is 2.31 bits per heavy atom. The van der Waals surface area contributed by atoms with Crippen LogP contribution in [0.25, 0.3) is 0 Å². The lowest BCUT2D eigenvalue weighted by atomic mass is 9.97. The van der Waals surface area contributed by atoms with E-state index in [-0.39, 0.29) is 28.3 Å². The molecule has 42 heavy (non-hydrogen) atoms. The van der Waals surface area contributed by atoms with E-state index in [2.05, 4.69) is 22.5 Å². The highest BCUT2D eigenvalue weighted by atomic mass is 19.4. The Morgan fingerprint density at radius 1 is 1.12 bits per heavy atom. The molecule has 0 radical (unpaired) electrons. The van der Waals surface area contributed by atoms with Gasteiger partial charge in [-0.1, -0.05) is 44.0 Å². The van der Waals surface area contributed by atoms with E-state index >= 15 is 0 Å². The molecule has 0 spiro atoms. The van der Waals surface area contributed by atoms with Gasteiger partial charge < -0.3 is 21.1 Å². The average Bonchev–Trinajstić information content (AvgIpc) is 3.71. The van der Waals surface area contributed by atoms with Crippen molar-refractivity contribution < 1.29 is 45.5 Å². The van der Waals surface area contributed by atoms with Gasteiger partial charge in [-0.15, -0.1) is 0 Å². The van der Waals surface area contributed by atoms with Crippen molar-refractivity contribution in [1.82, 2.24) is 5.32 Å². The minimum Gasteiger partial charge on any atom is -0.495 e. The number of nitrogens with two attached hydrogens (primary N) is 1. The molecule has 2 unspecified atom stereocenters. The first-order valence-corrected chi connectivity index (χ1v) is 13.0.